The average Bonchev–Trinajstić information content (AvgIpc) is 2.46. The van der Waals surface area contributed by atoms with Gasteiger partial charge in [-0.25, -0.2) is 4.79 Å². The Morgan fingerprint density at radius 2 is 1.65 bits per heavy atom. The molecule has 0 fully saturated rings. The quantitative estimate of drug-likeness (QED) is 0.394. The first-order valence-electron chi connectivity index (χ1n) is 7.13. The van der Waals surface area contributed by atoms with E-state index in [1.807, 2.05) is 6.07 Å². The predicted molar refractivity (Wildman–Crippen MR) is 76.4 cm³/mol. The van der Waals surface area contributed by atoms with E-state index in [2.05, 4.69) is 6.92 Å². The van der Waals surface area contributed by atoms with Gasteiger partial charge in [0.25, 0.3) is 0 Å². The van der Waals surface area contributed by atoms with E-state index in [0.29, 0.717) is 12.2 Å². The molecular formula is C16H22O4. The third kappa shape index (κ3) is 7.56. The molecule has 20 heavy (non-hydrogen) atoms. The molecule has 0 unspecified atom stereocenters. The molecule has 0 heterocycles. The summed E-state index contributed by atoms with van der Waals surface area (Å²) in [5, 5.41) is 0. The minimum atomic E-state index is -0.560. The Bertz CT molecular complexity index is 400. The molecule has 4 nitrogen and oxygen atoms in total. The van der Waals surface area contributed by atoms with Crippen LogP contribution in [-0.4, -0.2) is 18.5 Å². The fraction of sp³-hybridized carbons (Fsp3) is 0.500. The number of rotatable bonds is 9. The normalized spacial score (nSPS) is 10.1. The first-order chi connectivity index (χ1) is 9.72. The van der Waals surface area contributed by atoms with Crippen LogP contribution in [0, 0.1) is 0 Å². The van der Waals surface area contributed by atoms with Gasteiger partial charge in [-0.05, 0) is 18.6 Å². The lowest BCUT2D eigenvalue weighted by molar-refractivity contribution is -0.153. The van der Waals surface area contributed by atoms with Crippen LogP contribution in [0.3, 0.4) is 0 Å². The smallest absolute Gasteiger partial charge is 0.349 e. The maximum absolute atomic E-state index is 11.4. The van der Waals surface area contributed by atoms with Crippen molar-refractivity contribution in [2.24, 2.45) is 0 Å². The number of esters is 2. The molecule has 4 heteroatoms. The van der Waals surface area contributed by atoms with Crippen molar-refractivity contribution >= 4 is 11.9 Å². The van der Waals surface area contributed by atoms with Crippen LogP contribution in [0.1, 0.15) is 45.4 Å². The summed E-state index contributed by atoms with van der Waals surface area (Å²) in [5.74, 6) is -0.449. The number of para-hydroxylation sites is 1. The van der Waals surface area contributed by atoms with Crippen LogP contribution in [0.15, 0.2) is 30.3 Å². The second-order valence-electron chi connectivity index (χ2n) is 4.61. The summed E-state index contributed by atoms with van der Waals surface area (Å²) in [4.78, 5) is 22.8. The van der Waals surface area contributed by atoms with E-state index in [9.17, 15) is 9.59 Å². The maximum Gasteiger partial charge on any atom is 0.349 e. The summed E-state index contributed by atoms with van der Waals surface area (Å²) >= 11 is 0. The highest BCUT2D eigenvalue weighted by atomic mass is 16.6. The fourth-order valence-electron chi connectivity index (χ4n) is 1.73. The summed E-state index contributed by atoms with van der Waals surface area (Å²) in [6.07, 6.45) is 5.71. The number of carbonyl (C=O) groups excluding carboxylic acids is 2. The zero-order valence-corrected chi connectivity index (χ0v) is 12.0. The number of benzene rings is 1. The number of hydrogen-bond donors (Lipinski definition) is 0. The van der Waals surface area contributed by atoms with Crippen molar-refractivity contribution in [3.05, 3.63) is 30.3 Å². The Hall–Kier alpha value is -1.84. The van der Waals surface area contributed by atoms with Crippen molar-refractivity contribution < 1.29 is 19.1 Å². The van der Waals surface area contributed by atoms with Crippen LogP contribution in [0.5, 0.6) is 5.75 Å². The molecule has 0 N–H and O–H groups in total. The highest BCUT2D eigenvalue weighted by molar-refractivity contribution is 5.77. The molecule has 0 amide bonds. The summed E-state index contributed by atoms with van der Waals surface area (Å²) in [7, 11) is 0. The van der Waals surface area contributed by atoms with Gasteiger partial charge in [0.2, 0.25) is 0 Å². The Balaban J connectivity index is 2.10. The Labute approximate surface area is 120 Å². The molecule has 0 aromatic heterocycles. The second kappa shape index (κ2) is 10.0. The van der Waals surface area contributed by atoms with E-state index in [0.717, 1.165) is 19.3 Å². The molecular weight excluding hydrogens is 256 g/mol. The Morgan fingerprint density at radius 3 is 2.35 bits per heavy atom. The highest BCUT2D eigenvalue weighted by Crippen LogP contribution is 2.09. The van der Waals surface area contributed by atoms with E-state index >= 15 is 0 Å². The molecule has 1 aromatic rings. The maximum atomic E-state index is 11.4. The number of carbonyl (C=O) groups is 2. The zero-order chi connectivity index (χ0) is 14.6. The lowest BCUT2D eigenvalue weighted by Crippen LogP contribution is -2.18. The van der Waals surface area contributed by atoms with Gasteiger partial charge in [0.15, 0.2) is 6.61 Å². The van der Waals surface area contributed by atoms with Crippen molar-refractivity contribution in [2.75, 3.05) is 6.61 Å². The highest BCUT2D eigenvalue weighted by Gasteiger charge is 2.09. The summed E-state index contributed by atoms with van der Waals surface area (Å²) < 4.78 is 9.88. The molecule has 1 aromatic carbocycles. The van der Waals surface area contributed by atoms with E-state index in [4.69, 9.17) is 9.47 Å². The molecule has 1 rings (SSSR count). The van der Waals surface area contributed by atoms with Gasteiger partial charge in [-0.15, -0.1) is 0 Å². The van der Waals surface area contributed by atoms with E-state index in [1.54, 1.807) is 24.3 Å². The van der Waals surface area contributed by atoms with Gasteiger partial charge in [0.1, 0.15) is 5.75 Å². The standard InChI is InChI=1S/C16H22O4/c1-2-3-4-5-9-12-15(17)19-13-16(18)20-14-10-7-6-8-11-14/h6-8,10-11H,2-5,9,12-13H2,1H3. The zero-order valence-electron chi connectivity index (χ0n) is 12.0. The van der Waals surface area contributed by atoms with Crippen molar-refractivity contribution in [3.63, 3.8) is 0 Å². The van der Waals surface area contributed by atoms with Crippen LogP contribution >= 0.6 is 0 Å². The minimum absolute atomic E-state index is 0.331. The van der Waals surface area contributed by atoms with Crippen molar-refractivity contribution in [3.8, 4) is 5.75 Å². The first-order valence-corrected chi connectivity index (χ1v) is 7.13. The number of hydrogen-bond acceptors (Lipinski definition) is 4. The van der Waals surface area contributed by atoms with Gasteiger partial charge >= 0.3 is 11.9 Å². The van der Waals surface area contributed by atoms with Gasteiger partial charge in [-0.3, -0.25) is 4.79 Å². The monoisotopic (exact) mass is 278 g/mol. The van der Waals surface area contributed by atoms with Gasteiger partial charge in [0, 0.05) is 6.42 Å². The topological polar surface area (TPSA) is 52.6 Å². The third-order valence-electron chi connectivity index (χ3n) is 2.81. The van der Waals surface area contributed by atoms with Crippen LogP contribution in [0.4, 0.5) is 0 Å². The summed E-state index contributed by atoms with van der Waals surface area (Å²) in [6, 6.07) is 8.71. The van der Waals surface area contributed by atoms with Gasteiger partial charge in [-0.1, -0.05) is 50.8 Å². The molecule has 0 spiro atoms. The van der Waals surface area contributed by atoms with Crippen LogP contribution in [0.25, 0.3) is 0 Å². The van der Waals surface area contributed by atoms with Gasteiger partial charge in [-0.2, -0.15) is 0 Å². The molecule has 0 atom stereocenters. The molecule has 0 aliphatic heterocycles. The summed E-state index contributed by atoms with van der Waals surface area (Å²) in [6.45, 7) is 1.81. The molecule has 110 valence electrons. The predicted octanol–water partition coefficient (Wildman–Crippen LogP) is 3.50. The molecule has 0 radical (unpaired) electrons. The van der Waals surface area contributed by atoms with Crippen LogP contribution < -0.4 is 4.74 Å². The Kier molecular flexibility index (Phi) is 8.11. The average molecular weight is 278 g/mol. The van der Waals surface area contributed by atoms with E-state index in [-0.39, 0.29) is 12.6 Å². The Morgan fingerprint density at radius 1 is 0.950 bits per heavy atom. The number of unbranched alkanes of at least 4 members (excludes halogenated alkanes) is 4. The third-order valence-corrected chi connectivity index (χ3v) is 2.81. The van der Waals surface area contributed by atoms with Crippen molar-refractivity contribution in [2.45, 2.75) is 45.4 Å². The second-order valence-corrected chi connectivity index (χ2v) is 4.61. The number of ether oxygens (including phenoxy) is 2. The largest absolute Gasteiger partial charge is 0.454 e. The minimum Gasteiger partial charge on any atom is -0.454 e. The van der Waals surface area contributed by atoms with Crippen molar-refractivity contribution in [1.82, 2.24) is 0 Å². The van der Waals surface area contributed by atoms with E-state index < -0.39 is 5.97 Å². The lowest BCUT2D eigenvalue weighted by Gasteiger charge is -2.05. The SMILES string of the molecule is CCCCCCCC(=O)OCC(=O)Oc1ccccc1. The van der Waals surface area contributed by atoms with Gasteiger partial charge < -0.3 is 9.47 Å². The molecule has 0 aliphatic rings. The van der Waals surface area contributed by atoms with Crippen LogP contribution in [-0.2, 0) is 14.3 Å². The molecule has 0 bridgehead atoms. The van der Waals surface area contributed by atoms with E-state index in [1.165, 1.54) is 12.8 Å². The summed E-state index contributed by atoms with van der Waals surface area (Å²) in [5.41, 5.74) is 0. The van der Waals surface area contributed by atoms with Crippen LogP contribution in [0.2, 0.25) is 0 Å². The van der Waals surface area contributed by atoms with Gasteiger partial charge in [0.05, 0.1) is 0 Å². The molecule has 0 saturated carbocycles. The fourth-order valence-corrected chi connectivity index (χ4v) is 1.73. The molecule has 0 aliphatic carbocycles. The van der Waals surface area contributed by atoms with Crippen molar-refractivity contribution in [1.29, 1.82) is 0 Å². The molecule has 0 saturated heterocycles. The lowest BCUT2D eigenvalue weighted by atomic mass is 10.1. The first kappa shape index (κ1) is 16.2.